The van der Waals surface area contributed by atoms with Crippen LogP contribution in [0.15, 0.2) is 16.6 Å². The molecule has 0 amide bonds. The summed E-state index contributed by atoms with van der Waals surface area (Å²) < 4.78 is 19.0. The molecule has 1 saturated heterocycles. The van der Waals surface area contributed by atoms with Crippen LogP contribution in [0.4, 0.5) is 15.8 Å². The molecule has 2 atom stereocenters. The smallest absolute Gasteiger partial charge is 0.293 e. The fourth-order valence-electron chi connectivity index (χ4n) is 2.15. The molecule has 0 aromatic heterocycles. The Bertz CT molecular complexity index is 498. The van der Waals surface area contributed by atoms with E-state index >= 15 is 0 Å². The molecule has 0 spiro atoms. The van der Waals surface area contributed by atoms with Crippen LogP contribution in [0.25, 0.3) is 0 Å². The van der Waals surface area contributed by atoms with E-state index in [9.17, 15) is 14.5 Å². The third kappa shape index (κ3) is 3.42. The van der Waals surface area contributed by atoms with Gasteiger partial charge in [0, 0.05) is 24.8 Å². The maximum Gasteiger partial charge on any atom is 0.293 e. The molecule has 2 rings (SSSR count). The highest BCUT2D eigenvalue weighted by Gasteiger charge is 2.23. The fourth-order valence-corrected chi connectivity index (χ4v) is 2.48. The predicted molar refractivity (Wildman–Crippen MR) is 72.8 cm³/mol. The summed E-state index contributed by atoms with van der Waals surface area (Å²) in [6.45, 7) is 2.55. The van der Waals surface area contributed by atoms with E-state index < -0.39 is 10.7 Å². The number of benzene rings is 1. The van der Waals surface area contributed by atoms with E-state index in [2.05, 4.69) is 21.2 Å². The highest BCUT2D eigenvalue weighted by Crippen LogP contribution is 2.32. The van der Waals surface area contributed by atoms with E-state index in [0.717, 1.165) is 18.9 Å². The second-order valence-electron chi connectivity index (χ2n) is 4.59. The predicted octanol–water partition coefficient (Wildman–Crippen LogP) is 3.48. The van der Waals surface area contributed by atoms with Gasteiger partial charge in [0.05, 0.1) is 15.5 Å². The van der Waals surface area contributed by atoms with Crippen molar-refractivity contribution in [3.8, 4) is 0 Å². The van der Waals surface area contributed by atoms with Crippen molar-refractivity contribution in [2.75, 3.05) is 11.9 Å². The van der Waals surface area contributed by atoms with Gasteiger partial charge in [0.2, 0.25) is 0 Å². The summed E-state index contributed by atoms with van der Waals surface area (Å²) in [6.07, 6.45) is 1.60. The van der Waals surface area contributed by atoms with Crippen LogP contribution in [-0.2, 0) is 4.74 Å². The Balaban J connectivity index is 2.23. The number of ether oxygens (including phenoxy) is 1. The van der Waals surface area contributed by atoms with Crippen LogP contribution in [0.1, 0.15) is 19.8 Å². The molecule has 2 unspecified atom stereocenters. The summed E-state index contributed by atoms with van der Waals surface area (Å²) in [7, 11) is 0. The minimum Gasteiger partial charge on any atom is -0.378 e. The zero-order valence-electron chi connectivity index (χ0n) is 10.4. The second kappa shape index (κ2) is 5.83. The lowest BCUT2D eigenvalue weighted by molar-refractivity contribution is -0.384. The summed E-state index contributed by atoms with van der Waals surface area (Å²) >= 11 is 2.96. The maximum atomic E-state index is 13.5. The molecule has 0 saturated carbocycles. The number of anilines is 1. The Morgan fingerprint density at radius 2 is 2.32 bits per heavy atom. The van der Waals surface area contributed by atoms with Gasteiger partial charge in [0.25, 0.3) is 5.69 Å². The van der Waals surface area contributed by atoms with E-state index in [1.54, 1.807) is 0 Å². The highest BCUT2D eigenvalue weighted by molar-refractivity contribution is 9.10. The number of nitrogens with one attached hydrogen (secondary N) is 1. The van der Waals surface area contributed by atoms with Crippen LogP contribution in [0, 0.1) is 15.9 Å². The van der Waals surface area contributed by atoms with Crippen LogP contribution in [0.5, 0.6) is 0 Å². The summed E-state index contributed by atoms with van der Waals surface area (Å²) in [4.78, 5) is 10.5. The molecular weight excluding hydrogens is 319 g/mol. The standard InChI is InChI=1S/C12H14BrFN2O3/c1-7-4-8(2-3-19-7)15-11-6-10(14)9(13)5-12(11)16(17)18/h5-8,15H,2-4H2,1H3. The Morgan fingerprint density at radius 1 is 1.58 bits per heavy atom. The van der Waals surface area contributed by atoms with Crippen LogP contribution in [0.2, 0.25) is 0 Å². The molecule has 5 nitrogen and oxygen atoms in total. The van der Waals surface area contributed by atoms with E-state index in [4.69, 9.17) is 4.74 Å². The largest absolute Gasteiger partial charge is 0.378 e. The SMILES string of the molecule is CC1CC(Nc2cc(F)c(Br)cc2[N+](=O)[O-])CCO1. The lowest BCUT2D eigenvalue weighted by Gasteiger charge is -2.28. The number of nitro benzene ring substituents is 1. The molecule has 0 bridgehead atoms. The number of nitrogens with zero attached hydrogens (tertiary/aromatic N) is 1. The quantitative estimate of drug-likeness (QED) is 0.679. The molecule has 1 N–H and O–H groups in total. The third-order valence-corrected chi connectivity index (χ3v) is 3.69. The number of nitro groups is 1. The van der Waals surface area contributed by atoms with Crippen molar-refractivity contribution in [1.29, 1.82) is 0 Å². The number of hydrogen-bond acceptors (Lipinski definition) is 4. The monoisotopic (exact) mass is 332 g/mol. The molecule has 0 radical (unpaired) electrons. The Morgan fingerprint density at radius 3 is 2.95 bits per heavy atom. The van der Waals surface area contributed by atoms with Gasteiger partial charge in [-0.15, -0.1) is 0 Å². The highest BCUT2D eigenvalue weighted by atomic mass is 79.9. The van der Waals surface area contributed by atoms with Gasteiger partial charge < -0.3 is 10.1 Å². The van der Waals surface area contributed by atoms with Crippen molar-refractivity contribution in [2.45, 2.75) is 31.9 Å². The molecular formula is C12H14BrFN2O3. The first kappa shape index (κ1) is 14.2. The lowest BCUT2D eigenvalue weighted by Crippen LogP contribution is -2.32. The van der Waals surface area contributed by atoms with Crippen molar-refractivity contribution in [1.82, 2.24) is 0 Å². The van der Waals surface area contributed by atoms with Gasteiger partial charge in [-0.25, -0.2) is 4.39 Å². The van der Waals surface area contributed by atoms with Crippen molar-refractivity contribution in [2.24, 2.45) is 0 Å². The summed E-state index contributed by atoms with van der Waals surface area (Å²) in [5.41, 5.74) is 0.0808. The first-order chi connectivity index (χ1) is 8.97. The molecule has 7 heteroatoms. The summed E-state index contributed by atoms with van der Waals surface area (Å²) in [5, 5.41) is 14.0. The van der Waals surface area contributed by atoms with E-state index in [-0.39, 0.29) is 28.0 Å². The summed E-state index contributed by atoms with van der Waals surface area (Å²) in [6, 6.07) is 2.39. The van der Waals surface area contributed by atoms with E-state index in [1.165, 1.54) is 6.07 Å². The molecule has 1 aromatic carbocycles. The van der Waals surface area contributed by atoms with Gasteiger partial charge in [-0.3, -0.25) is 10.1 Å². The van der Waals surface area contributed by atoms with Crippen LogP contribution >= 0.6 is 15.9 Å². The third-order valence-electron chi connectivity index (χ3n) is 3.08. The van der Waals surface area contributed by atoms with Crippen molar-refractivity contribution in [3.05, 3.63) is 32.5 Å². The average Bonchev–Trinajstić information content (AvgIpc) is 2.33. The van der Waals surface area contributed by atoms with Crippen LogP contribution in [0.3, 0.4) is 0 Å². The fraction of sp³-hybridized carbons (Fsp3) is 0.500. The number of hydrogen-bond donors (Lipinski definition) is 1. The second-order valence-corrected chi connectivity index (χ2v) is 5.44. The lowest BCUT2D eigenvalue weighted by atomic mass is 10.0. The van der Waals surface area contributed by atoms with Gasteiger partial charge in [0.1, 0.15) is 11.5 Å². The Kier molecular flexibility index (Phi) is 4.36. The average molecular weight is 333 g/mol. The molecule has 1 heterocycles. The van der Waals surface area contributed by atoms with E-state index in [0.29, 0.717) is 6.61 Å². The molecule has 104 valence electrons. The molecule has 1 aliphatic rings. The van der Waals surface area contributed by atoms with Crippen LogP contribution in [-0.4, -0.2) is 23.7 Å². The molecule has 0 aliphatic carbocycles. The first-order valence-electron chi connectivity index (χ1n) is 5.99. The van der Waals surface area contributed by atoms with Gasteiger partial charge >= 0.3 is 0 Å². The normalized spacial score (nSPS) is 23.1. The molecule has 1 fully saturated rings. The van der Waals surface area contributed by atoms with Gasteiger partial charge in [-0.05, 0) is 35.7 Å². The van der Waals surface area contributed by atoms with Crippen LogP contribution < -0.4 is 5.32 Å². The zero-order chi connectivity index (χ0) is 14.0. The molecule has 1 aliphatic heterocycles. The molecule has 19 heavy (non-hydrogen) atoms. The maximum absolute atomic E-state index is 13.5. The topological polar surface area (TPSA) is 64.4 Å². The molecule has 1 aromatic rings. The zero-order valence-corrected chi connectivity index (χ0v) is 11.9. The van der Waals surface area contributed by atoms with Crippen molar-refractivity contribution < 1.29 is 14.1 Å². The Hall–Kier alpha value is -1.21. The first-order valence-corrected chi connectivity index (χ1v) is 6.78. The van der Waals surface area contributed by atoms with Crippen molar-refractivity contribution in [3.63, 3.8) is 0 Å². The minimum atomic E-state index is -0.520. The van der Waals surface area contributed by atoms with Gasteiger partial charge in [-0.1, -0.05) is 0 Å². The minimum absolute atomic E-state index is 0.0584. The number of halogens is 2. The van der Waals surface area contributed by atoms with E-state index in [1.807, 2.05) is 6.92 Å². The van der Waals surface area contributed by atoms with Crippen molar-refractivity contribution >= 4 is 27.3 Å². The number of rotatable bonds is 3. The Labute approximate surface area is 118 Å². The van der Waals surface area contributed by atoms with Gasteiger partial charge in [0.15, 0.2) is 0 Å². The van der Waals surface area contributed by atoms with Gasteiger partial charge in [-0.2, -0.15) is 0 Å². The summed E-state index contributed by atoms with van der Waals surface area (Å²) in [5.74, 6) is -0.520.